The summed E-state index contributed by atoms with van der Waals surface area (Å²) < 4.78 is 30.8. The molecule has 0 spiro atoms. The molecule has 0 bridgehead atoms. The lowest BCUT2D eigenvalue weighted by atomic mass is 10.3. The third kappa shape index (κ3) is 4.17. The Hall–Kier alpha value is -2.63. The molecule has 0 aromatic heterocycles. The molecule has 21 heavy (non-hydrogen) atoms. The molecule has 110 valence electrons. The van der Waals surface area contributed by atoms with Crippen molar-refractivity contribution in [3.63, 3.8) is 0 Å². The molecule has 2 N–H and O–H groups in total. The molecular weight excluding hydrogens is 278 g/mol. The van der Waals surface area contributed by atoms with Gasteiger partial charge in [0, 0.05) is 23.5 Å². The molecule has 0 saturated heterocycles. The maximum absolute atomic E-state index is 13.0. The largest absolute Gasteiger partial charge is 0.497 e. The van der Waals surface area contributed by atoms with E-state index in [4.69, 9.17) is 4.74 Å². The number of benzene rings is 2. The van der Waals surface area contributed by atoms with E-state index in [0.29, 0.717) is 17.1 Å². The number of ether oxygens (including phenoxy) is 1. The highest BCUT2D eigenvalue weighted by Crippen LogP contribution is 2.17. The number of amides is 1. The summed E-state index contributed by atoms with van der Waals surface area (Å²) in [5, 5.41) is 5.37. The molecule has 1 amide bonds. The van der Waals surface area contributed by atoms with E-state index in [1.807, 2.05) is 0 Å². The number of carbonyl (C=O) groups is 1. The number of nitrogens with one attached hydrogen (secondary N) is 2. The summed E-state index contributed by atoms with van der Waals surface area (Å²) in [5.74, 6) is -1.58. The second-order valence-electron chi connectivity index (χ2n) is 4.26. The number of rotatable bonds is 5. The van der Waals surface area contributed by atoms with Crippen LogP contribution in [0.5, 0.6) is 5.75 Å². The zero-order valence-corrected chi connectivity index (χ0v) is 11.3. The van der Waals surface area contributed by atoms with Gasteiger partial charge in [0.2, 0.25) is 5.91 Å². The van der Waals surface area contributed by atoms with E-state index < -0.39 is 11.6 Å². The van der Waals surface area contributed by atoms with Crippen LogP contribution in [0.25, 0.3) is 0 Å². The molecule has 6 heteroatoms. The summed E-state index contributed by atoms with van der Waals surface area (Å²) in [7, 11) is 1.53. The van der Waals surface area contributed by atoms with Crippen molar-refractivity contribution >= 4 is 17.3 Å². The van der Waals surface area contributed by atoms with Crippen molar-refractivity contribution in [3.05, 3.63) is 54.1 Å². The van der Waals surface area contributed by atoms with Crippen molar-refractivity contribution in [1.82, 2.24) is 0 Å². The molecular formula is C15H14F2N2O2. The van der Waals surface area contributed by atoms with E-state index in [0.717, 1.165) is 12.1 Å². The van der Waals surface area contributed by atoms with Gasteiger partial charge in [0.05, 0.1) is 13.7 Å². The van der Waals surface area contributed by atoms with E-state index >= 15 is 0 Å². The van der Waals surface area contributed by atoms with Gasteiger partial charge in [-0.05, 0) is 24.3 Å². The van der Waals surface area contributed by atoms with Crippen LogP contribution < -0.4 is 15.4 Å². The maximum Gasteiger partial charge on any atom is 0.243 e. The molecule has 2 aromatic carbocycles. The molecule has 0 saturated carbocycles. The van der Waals surface area contributed by atoms with Gasteiger partial charge in [-0.15, -0.1) is 0 Å². The monoisotopic (exact) mass is 292 g/mol. The molecule has 2 rings (SSSR count). The molecule has 0 heterocycles. The Morgan fingerprint density at radius 1 is 1.10 bits per heavy atom. The van der Waals surface area contributed by atoms with Gasteiger partial charge >= 0.3 is 0 Å². The zero-order chi connectivity index (χ0) is 15.2. The predicted octanol–water partition coefficient (Wildman–Crippen LogP) is 3.02. The van der Waals surface area contributed by atoms with Gasteiger partial charge < -0.3 is 15.4 Å². The smallest absolute Gasteiger partial charge is 0.243 e. The van der Waals surface area contributed by atoms with Crippen LogP contribution in [-0.2, 0) is 4.79 Å². The van der Waals surface area contributed by atoms with Crippen molar-refractivity contribution in [2.75, 3.05) is 24.3 Å². The van der Waals surface area contributed by atoms with Crippen molar-refractivity contribution < 1.29 is 18.3 Å². The van der Waals surface area contributed by atoms with Gasteiger partial charge in [0.15, 0.2) is 11.6 Å². The highest BCUT2D eigenvalue weighted by atomic mass is 19.2. The topological polar surface area (TPSA) is 50.4 Å². The van der Waals surface area contributed by atoms with Crippen LogP contribution in [0.4, 0.5) is 20.2 Å². The molecule has 0 aliphatic rings. The van der Waals surface area contributed by atoms with Crippen LogP contribution >= 0.6 is 0 Å². The number of hydrogen-bond acceptors (Lipinski definition) is 3. The first-order valence-electron chi connectivity index (χ1n) is 6.21. The second kappa shape index (κ2) is 6.69. The van der Waals surface area contributed by atoms with Gasteiger partial charge in [-0.25, -0.2) is 8.78 Å². The summed E-state index contributed by atoms with van der Waals surface area (Å²) >= 11 is 0. The molecule has 0 unspecified atom stereocenters. The van der Waals surface area contributed by atoms with Crippen molar-refractivity contribution in [2.45, 2.75) is 0 Å². The molecule has 0 aliphatic heterocycles. The minimum atomic E-state index is -0.965. The Balaban J connectivity index is 1.90. The van der Waals surface area contributed by atoms with Crippen LogP contribution in [0.15, 0.2) is 42.5 Å². The molecule has 0 radical (unpaired) electrons. The summed E-state index contributed by atoms with van der Waals surface area (Å²) in [5.41, 5.74) is 0.918. The first-order chi connectivity index (χ1) is 10.1. The van der Waals surface area contributed by atoms with Crippen molar-refractivity contribution in [3.8, 4) is 5.75 Å². The fraction of sp³-hybridized carbons (Fsp3) is 0.133. The van der Waals surface area contributed by atoms with Crippen LogP contribution in [0.1, 0.15) is 0 Å². The standard InChI is InChI=1S/C15H14F2N2O2/c1-21-12-4-2-3-11(7-12)19-15(20)9-18-10-5-6-13(16)14(17)8-10/h2-8,18H,9H2,1H3,(H,19,20). The molecule has 0 atom stereocenters. The van der Waals surface area contributed by atoms with E-state index in [9.17, 15) is 13.6 Å². The molecule has 0 aliphatic carbocycles. The van der Waals surface area contributed by atoms with Gasteiger partial charge in [-0.2, -0.15) is 0 Å². The number of halogens is 2. The average molecular weight is 292 g/mol. The first kappa shape index (κ1) is 14.8. The molecule has 0 fully saturated rings. The number of anilines is 2. The SMILES string of the molecule is COc1cccc(NC(=O)CNc2ccc(F)c(F)c2)c1. The zero-order valence-electron chi connectivity index (χ0n) is 11.3. The lowest BCUT2D eigenvalue weighted by Gasteiger charge is -2.09. The minimum Gasteiger partial charge on any atom is -0.497 e. The molecule has 2 aromatic rings. The van der Waals surface area contributed by atoms with Crippen LogP contribution in [-0.4, -0.2) is 19.6 Å². The normalized spacial score (nSPS) is 10.0. The van der Waals surface area contributed by atoms with Crippen LogP contribution in [0.3, 0.4) is 0 Å². The maximum atomic E-state index is 13.0. The van der Waals surface area contributed by atoms with Crippen LogP contribution in [0.2, 0.25) is 0 Å². The first-order valence-corrected chi connectivity index (χ1v) is 6.21. The lowest BCUT2D eigenvalue weighted by molar-refractivity contribution is -0.114. The fourth-order valence-electron chi connectivity index (χ4n) is 1.69. The molecule has 4 nitrogen and oxygen atoms in total. The lowest BCUT2D eigenvalue weighted by Crippen LogP contribution is -2.21. The third-order valence-electron chi connectivity index (χ3n) is 2.73. The Labute approximate surface area is 120 Å². The van der Waals surface area contributed by atoms with E-state index in [2.05, 4.69) is 10.6 Å². The predicted molar refractivity (Wildman–Crippen MR) is 76.5 cm³/mol. The van der Waals surface area contributed by atoms with Gasteiger partial charge in [0.25, 0.3) is 0 Å². The fourth-order valence-corrected chi connectivity index (χ4v) is 1.69. The highest BCUT2D eigenvalue weighted by Gasteiger charge is 2.05. The van der Waals surface area contributed by atoms with Gasteiger partial charge in [-0.1, -0.05) is 6.07 Å². The number of hydrogen-bond donors (Lipinski definition) is 2. The number of carbonyl (C=O) groups excluding carboxylic acids is 1. The quantitative estimate of drug-likeness (QED) is 0.890. The number of methoxy groups -OCH3 is 1. The Morgan fingerprint density at radius 3 is 2.62 bits per heavy atom. The Bertz CT molecular complexity index is 647. The minimum absolute atomic E-state index is 0.0672. The van der Waals surface area contributed by atoms with Gasteiger partial charge in [0.1, 0.15) is 5.75 Å². The Morgan fingerprint density at radius 2 is 1.90 bits per heavy atom. The van der Waals surface area contributed by atoms with Crippen molar-refractivity contribution in [2.24, 2.45) is 0 Å². The van der Waals surface area contributed by atoms with E-state index in [1.54, 1.807) is 24.3 Å². The highest BCUT2D eigenvalue weighted by molar-refractivity contribution is 5.93. The second-order valence-corrected chi connectivity index (χ2v) is 4.26. The van der Waals surface area contributed by atoms with E-state index in [-0.39, 0.29) is 12.5 Å². The summed E-state index contributed by atoms with van der Waals surface area (Å²) in [6, 6.07) is 10.3. The third-order valence-corrected chi connectivity index (χ3v) is 2.73. The summed E-state index contributed by atoms with van der Waals surface area (Å²) in [6.07, 6.45) is 0. The van der Waals surface area contributed by atoms with E-state index in [1.165, 1.54) is 13.2 Å². The van der Waals surface area contributed by atoms with Crippen molar-refractivity contribution in [1.29, 1.82) is 0 Å². The summed E-state index contributed by atoms with van der Waals surface area (Å²) in [6.45, 7) is -0.0672. The van der Waals surface area contributed by atoms with Crippen LogP contribution in [0, 0.1) is 11.6 Å². The summed E-state index contributed by atoms with van der Waals surface area (Å²) in [4.78, 5) is 11.8. The Kier molecular flexibility index (Phi) is 4.71. The average Bonchev–Trinajstić information content (AvgIpc) is 2.48. The van der Waals surface area contributed by atoms with Gasteiger partial charge in [-0.3, -0.25) is 4.79 Å².